The number of unbranched alkanes of at least 4 members (excludes halogenated alkanes) is 2. The van der Waals surface area contributed by atoms with E-state index in [1.807, 2.05) is 24.3 Å². The van der Waals surface area contributed by atoms with Crippen LogP contribution in [-0.4, -0.2) is 13.2 Å². The molecular weight excluding hydrogens is 300 g/mol. The molecule has 24 heavy (non-hydrogen) atoms. The Bertz CT molecular complexity index is 514. The zero-order valence-electron chi connectivity index (χ0n) is 14.7. The van der Waals surface area contributed by atoms with Crippen LogP contribution in [0.4, 0.5) is 11.4 Å². The van der Waals surface area contributed by atoms with Crippen molar-refractivity contribution < 1.29 is 9.68 Å². The summed E-state index contributed by atoms with van der Waals surface area (Å²) < 4.78 is 0. The summed E-state index contributed by atoms with van der Waals surface area (Å²) in [6, 6.07) is 16.5. The molecule has 4 heteroatoms. The van der Waals surface area contributed by atoms with Crippen molar-refractivity contribution in [2.75, 3.05) is 24.2 Å². The smallest absolute Gasteiger partial charge is 0.0745 e. The van der Waals surface area contributed by atoms with E-state index in [1.54, 1.807) is 0 Å². The van der Waals surface area contributed by atoms with Gasteiger partial charge in [0, 0.05) is 0 Å². The lowest BCUT2D eigenvalue weighted by atomic mass is 10.1. The zero-order chi connectivity index (χ0) is 17.0. The number of anilines is 2. The first-order chi connectivity index (χ1) is 11.8. The predicted molar refractivity (Wildman–Crippen MR) is 101 cm³/mol. The van der Waals surface area contributed by atoms with Crippen LogP contribution in [0.3, 0.4) is 0 Å². The Morgan fingerprint density at radius 2 is 1.00 bits per heavy atom. The molecule has 0 radical (unpaired) electrons. The van der Waals surface area contributed by atoms with E-state index in [2.05, 4.69) is 49.1 Å². The minimum atomic E-state index is 0.729. The molecule has 2 aromatic rings. The molecule has 0 heterocycles. The molecule has 4 nitrogen and oxygen atoms in total. The molecule has 2 N–H and O–H groups in total. The van der Waals surface area contributed by atoms with E-state index in [0.717, 1.165) is 50.3 Å². The summed E-state index contributed by atoms with van der Waals surface area (Å²) in [6.07, 6.45) is 4.39. The lowest BCUT2D eigenvalue weighted by Gasteiger charge is -2.09. The van der Waals surface area contributed by atoms with Gasteiger partial charge in [-0.15, -0.1) is 0 Å². The van der Waals surface area contributed by atoms with Crippen LogP contribution < -0.4 is 11.0 Å². The van der Waals surface area contributed by atoms with Gasteiger partial charge in [-0.3, -0.25) is 20.6 Å². The van der Waals surface area contributed by atoms with Gasteiger partial charge in [-0.1, -0.05) is 51.0 Å². The quantitative estimate of drug-likeness (QED) is 0.414. The normalized spacial score (nSPS) is 10.6. The highest BCUT2D eigenvalue weighted by atomic mass is 16.6. The highest BCUT2D eigenvalue weighted by molar-refractivity contribution is 5.67. The first-order valence-electron chi connectivity index (χ1n) is 8.79. The molecule has 2 aromatic carbocycles. The summed E-state index contributed by atoms with van der Waals surface area (Å²) in [5.41, 5.74) is 10.2. The summed E-state index contributed by atoms with van der Waals surface area (Å²) >= 11 is 0. The minimum absolute atomic E-state index is 0.729. The number of nitrogens with one attached hydrogen (secondary N) is 2. The Balaban J connectivity index is 1.84. The van der Waals surface area contributed by atoms with Gasteiger partial charge in [0.25, 0.3) is 0 Å². The Labute approximate surface area is 145 Å². The number of hydrogen-bond acceptors (Lipinski definition) is 4. The van der Waals surface area contributed by atoms with Crippen LogP contribution >= 0.6 is 0 Å². The van der Waals surface area contributed by atoms with Crippen LogP contribution in [0.1, 0.15) is 39.5 Å². The molecule has 0 aliphatic carbocycles. The number of hydrogen-bond donors (Lipinski definition) is 2. The molecule has 0 amide bonds. The largest absolute Gasteiger partial charge is 0.276 e. The van der Waals surface area contributed by atoms with Crippen molar-refractivity contribution in [3.8, 4) is 11.1 Å². The van der Waals surface area contributed by atoms with Gasteiger partial charge in [-0.25, -0.2) is 0 Å². The van der Waals surface area contributed by atoms with Crippen molar-refractivity contribution >= 4 is 11.4 Å². The lowest BCUT2D eigenvalue weighted by Crippen LogP contribution is -2.02. The first-order valence-corrected chi connectivity index (χ1v) is 8.79. The molecule has 0 unspecified atom stereocenters. The van der Waals surface area contributed by atoms with Crippen molar-refractivity contribution in [2.24, 2.45) is 0 Å². The molecular formula is C20H28N2O2. The second-order valence-corrected chi connectivity index (χ2v) is 5.76. The molecule has 0 aliphatic rings. The van der Waals surface area contributed by atoms with Crippen molar-refractivity contribution in [1.82, 2.24) is 0 Å². The third kappa shape index (κ3) is 6.22. The third-order valence-corrected chi connectivity index (χ3v) is 3.68. The third-order valence-electron chi connectivity index (χ3n) is 3.68. The van der Waals surface area contributed by atoms with Gasteiger partial charge < -0.3 is 0 Å². The van der Waals surface area contributed by atoms with E-state index in [4.69, 9.17) is 9.68 Å². The first kappa shape index (κ1) is 18.3. The van der Waals surface area contributed by atoms with Gasteiger partial charge >= 0.3 is 0 Å². The molecule has 0 bridgehead atoms. The molecule has 0 aromatic heterocycles. The van der Waals surface area contributed by atoms with Gasteiger partial charge in [0.05, 0.1) is 24.6 Å². The van der Waals surface area contributed by atoms with E-state index in [1.165, 1.54) is 11.1 Å². The molecule has 2 rings (SSSR count). The van der Waals surface area contributed by atoms with Crippen molar-refractivity contribution in [3.63, 3.8) is 0 Å². The summed E-state index contributed by atoms with van der Waals surface area (Å²) in [6.45, 7) is 5.76. The fraction of sp³-hybridized carbons (Fsp3) is 0.400. The molecule has 0 atom stereocenters. The summed E-state index contributed by atoms with van der Waals surface area (Å²) in [5, 5.41) is 0. The van der Waals surface area contributed by atoms with E-state index in [9.17, 15) is 0 Å². The molecule has 0 aliphatic heterocycles. The van der Waals surface area contributed by atoms with Gasteiger partial charge in [0.2, 0.25) is 0 Å². The van der Waals surface area contributed by atoms with Gasteiger partial charge in [0.15, 0.2) is 0 Å². The second-order valence-electron chi connectivity index (χ2n) is 5.76. The van der Waals surface area contributed by atoms with Crippen LogP contribution in [0, 0.1) is 0 Å². The predicted octanol–water partition coefficient (Wildman–Crippen LogP) is 5.64. The molecule has 0 spiro atoms. The highest BCUT2D eigenvalue weighted by Gasteiger charge is 1.99. The van der Waals surface area contributed by atoms with Gasteiger partial charge in [-0.05, 0) is 48.2 Å². The van der Waals surface area contributed by atoms with Gasteiger partial charge in [0.1, 0.15) is 0 Å². The summed E-state index contributed by atoms with van der Waals surface area (Å²) in [5.74, 6) is 0. The summed E-state index contributed by atoms with van der Waals surface area (Å²) in [7, 11) is 0. The fourth-order valence-electron chi connectivity index (χ4n) is 2.16. The van der Waals surface area contributed by atoms with Crippen molar-refractivity contribution in [2.45, 2.75) is 39.5 Å². The monoisotopic (exact) mass is 328 g/mol. The van der Waals surface area contributed by atoms with Crippen LogP contribution in [0.2, 0.25) is 0 Å². The fourth-order valence-corrected chi connectivity index (χ4v) is 2.16. The SMILES string of the molecule is CCCCONc1ccc(-c2ccc(NOCCCC)cc2)cc1. The highest BCUT2D eigenvalue weighted by Crippen LogP contribution is 2.23. The Morgan fingerprint density at radius 1 is 0.625 bits per heavy atom. The summed E-state index contributed by atoms with van der Waals surface area (Å²) in [4.78, 5) is 10.8. The lowest BCUT2D eigenvalue weighted by molar-refractivity contribution is 0.189. The maximum absolute atomic E-state index is 5.40. The Kier molecular flexibility index (Phi) is 8.15. The van der Waals surface area contributed by atoms with Gasteiger partial charge in [-0.2, -0.15) is 0 Å². The van der Waals surface area contributed by atoms with Crippen LogP contribution in [0.25, 0.3) is 11.1 Å². The number of rotatable bonds is 11. The van der Waals surface area contributed by atoms with Crippen molar-refractivity contribution in [1.29, 1.82) is 0 Å². The van der Waals surface area contributed by atoms with E-state index < -0.39 is 0 Å². The molecule has 0 fully saturated rings. The minimum Gasteiger partial charge on any atom is -0.276 e. The average Bonchev–Trinajstić information content (AvgIpc) is 2.64. The second kappa shape index (κ2) is 10.7. The van der Waals surface area contributed by atoms with E-state index >= 15 is 0 Å². The topological polar surface area (TPSA) is 42.5 Å². The standard InChI is InChI=1S/C20H28N2O2/c1-3-5-15-23-21-19-11-7-17(8-12-19)18-9-13-20(14-10-18)22-24-16-6-4-2/h7-14,21-22H,3-6,15-16H2,1-2H3. The Hall–Kier alpha value is -2.04. The molecule has 130 valence electrons. The zero-order valence-corrected chi connectivity index (χ0v) is 14.7. The maximum Gasteiger partial charge on any atom is 0.0745 e. The maximum atomic E-state index is 5.40. The van der Waals surface area contributed by atoms with Crippen LogP contribution in [-0.2, 0) is 9.68 Å². The number of benzene rings is 2. The Morgan fingerprint density at radius 3 is 1.33 bits per heavy atom. The van der Waals surface area contributed by atoms with Crippen LogP contribution in [0.5, 0.6) is 0 Å². The molecule has 0 saturated carbocycles. The van der Waals surface area contributed by atoms with E-state index in [-0.39, 0.29) is 0 Å². The average molecular weight is 328 g/mol. The molecule has 0 saturated heterocycles. The van der Waals surface area contributed by atoms with Crippen LogP contribution in [0.15, 0.2) is 48.5 Å². The van der Waals surface area contributed by atoms with E-state index in [0.29, 0.717) is 0 Å². The van der Waals surface area contributed by atoms with Crippen molar-refractivity contribution in [3.05, 3.63) is 48.5 Å².